The largest absolute Gasteiger partial charge is 0.355 e. The Morgan fingerprint density at radius 2 is 1.63 bits per heavy atom. The SMILES string of the molecule is CCNC(=O)C(C)N(Cc1ccc(Br)cc1)C(=O)CN(c1cc(Cl)ccc1Cl)S(=O)(=O)c1ccc(C)cc1. The van der Waals surface area contributed by atoms with E-state index >= 15 is 0 Å². The Balaban J connectivity index is 2.07. The number of aryl methyl sites for hydroxylation is 1. The molecular formula is C27H28BrCl2N3O4S. The van der Waals surface area contributed by atoms with Crippen molar-refractivity contribution in [3.8, 4) is 0 Å². The van der Waals surface area contributed by atoms with E-state index in [1.807, 2.05) is 31.2 Å². The van der Waals surface area contributed by atoms with E-state index in [4.69, 9.17) is 23.2 Å². The zero-order valence-corrected chi connectivity index (χ0v) is 25.0. The van der Waals surface area contributed by atoms with Crippen LogP contribution in [0, 0.1) is 6.92 Å². The Morgan fingerprint density at radius 1 is 1.00 bits per heavy atom. The van der Waals surface area contributed by atoms with Crippen molar-refractivity contribution in [2.45, 2.75) is 38.3 Å². The van der Waals surface area contributed by atoms with Crippen LogP contribution in [0.3, 0.4) is 0 Å². The van der Waals surface area contributed by atoms with Gasteiger partial charge in [0.05, 0.1) is 15.6 Å². The second kappa shape index (κ2) is 13.0. The first-order valence-electron chi connectivity index (χ1n) is 11.8. The molecule has 0 radical (unpaired) electrons. The molecule has 1 N–H and O–H groups in total. The lowest BCUT2D eigenvalue weighted by Gasteiger charge is -2.32. The van der Waals surface area contributed by atoms with E-state index in [0.29, 0.717) is 6.54 Å². The van der Waals surface area contributed by atoms with Gasteiger partial charge in [-0.2, -0.15) is 0 Å². The van der Waals surface area contributed by atoms with Crippen LogP contribution in [0.1, 0.15) is 25.0 Å². The number of nitrogens with zero attached hydrogens (tertiary/aromatic N) is 2. The van der Waals surface area contributed by atoms with Gasteiger partial charge in [-0.3, -0.25) is 13.9 Å². The van der Waals surface area contributed by atoms with Gasteiger partial charge < -0.3 is 10.2 Å². The topological polar surface area (TPSA) is 86.8 Å². The number of hydrogen-bond donors (Lipinski definition) is 1. The first kappa shape index (κ1) is 30.0. The maximum atomic E-state index is 13.8. The van der Waals surface area contributed by atoms with Gasteiger partial charge >= 0.3 is 0 Å². The summed E-state index contributed by atoms with van der Waals surface area (Å²) in [5, 5.41) is 3.09. The van der Waals surface area contributed by atoms with Crippen LogP contribution in [-0.4, -0.2) is 44.3 Å². The lowest BCUT2D eigenvalue weighted by molar-refractivity contribution is -0.139. The summed E-state index contributed by atoms with van der Waals surface area (Å²) in [6.07, 6.45) is 0. The van der Waals surface area contributed by atoms with Gasteiger partial charge in [-0.25, -0.2) is 8.42 Å². The summed E-state index contributed by atoms with van der Waals surface area (Å²) >= 11 is 16.0. The van der Waals surface area contributed by atoms with Gasteiger partial charge in [0.2, 0.25) is 11.8 Å². The first-order valence-corrected chi connectivity index (χ1v) is 14.8. The van der Waals surface area contributed by atoms with Crippen LogP contribution in [0.25, 0.3) is 0 Å². The molecule has 1 unspecified atom stereocenters. The van der Waals surface area contributed by atoms with E-state index in [9.17, 15) is 18.0 Å². The van der Waals surface area contributed by atoms with Gasteiger partial charge in [-0.05, 0) is 68.8 Å². The molecule has 38 heavy (non-hydrogen) atoms. The van der Waals surface area contributed by atoms with Gasteiger partial charge in [-0.15, -0.1) is 0 Å². The zero-order chi connectivity index (χ0) is 28.0. The molecule has 0 heterocycles. The number of carbonyl (C=O) groups excluding carboxylic acids is 2. The van der Waals surface area contributed by atoms with Gasteiger partial charge in [0, 0.05) is 22.6 Å². The Labute approximate surface area is 241 Å². The predicted octanol–water partition coefficient (Wildman–Crippen LogP) is 5.81. The molecule has 0 aliphatic rings. The maximum absolute atomic E-state index is 13.8. The highest BCUT2D eigenvalue weighted by Gasteiger charge is 2.33. The molecule has 0 aliphatic carbocycles. The minimum atomic E-state index is -4.24. The number of benzene rings is 3. The van der Waals surface area contributed by atoms with Crippen LogP contribution in [-0.2, 0) is 26.2 Å². The minimum absolute atomic E-state index is 0.0109. The number of sulfonamides is 1. The van der Waals surface area contributed by atoms with Gasteiger partial charge in [0.15, 0.2) is 0 Å². The predicted molar refractivity (Wildman–Crippen MR) is 155 cm³/mol. The third kappa shape index (κ3) is 7.28. The summed E-state index contributed by atoms with van der Waals surface area (Å²) in [6.45, 7) is 5.10. The second-order valence-corrected chi connectivity index (χ2v) is 12.3. The molecule has 0 aliphatic heterocycles. The molecule has 0 saturated carbocycles. The summed E-state index contributed by atoms with van der Waals surface area (Å²) in [7, 11) is -4.24. The van der Waals surface area contributed by atoms with Crippen molar-refractivity contribution in [1.29, 1.82) is 0 Å². The maximum Gasteiger partial charge on any atom is 0.264 e. The van der Waals surface area contributed by atoms with Crippen LogP contribution in [0.5, 0.6) is 0 Å². The summed E-state index contributed by atoms with van der Waals surface area (Å²) < 4.78 is 29.5. The van der Waals surface area contributed by atoms with Gasteiger partial charge in [0.25, 0.3) is 10.0 Å². The summed E-state index contributed by atoms with van der Waals surface area (Å²) in [5.74, 6) is -0.940. The molecule has 7 nitrogen and oxygen atoms in total. The third-order valence-corrected chi connectivity index (χ3v) is 8.71. The van der Waals surface area contributed by atoms with E-state index in [2.05, 4.69) is 21.2 Å². The fraction of sp³-hybridized carbons (Fsp3) is 0.259. The number of anilines is 1. The molecule has 202 valence electrons. The van der Waals surface area contributed by atoms with Crippen LogP contribution in [0.2, 0.25) is 10.0 Å². The minimum Gasteiger partial charge on any atom is -0.355 e. The Kier molecular flexibility index (Phi) is 10.2. The number of likely N-dealkylation sites (N-methyl/N-ethyl adjacent to an activating group) is 1. The summed E-state index contributed by atoms with van der Waals surface area (Å²) in [5.41, 5.74) is 1.71. The molecular weight excluding hydrogens is 613 g/mol. The molecule has 3 aromatic rings. The normalized spacial score (nSPS) is 12.1. The van der Waals surface area contributed by atoms with Crippen molar-refractivity contribution in [2.75, 3.05) is 17.4 Å². The highest BCUT2D eigenvalue weighted by atomic mass is 79.9. The fourth-order valence-electron chi connectivity index (χ4n) is 3.72. The van der Waals surface area contributed by atoms with Crippen molar-refractivity contribution >= 4 is 66.7 Å². The zero-order valence-electron chi connectivity index (χ0n) is 21.1. The Morgan fingerprint density at radius 3 is 2.24 bits per heavy atom. The van der Waals surface area contributed by atoms with Gasteiger partial charge in [-0.1, -0.05) is 69.0 Å². The highest BCUT2D eigenvalue weighted by Crippen LogP contribution is 2.33. The highest BCUT2D eigenvalue weighted by molar-refractivity contribution is 9.10. The van der Waals surface area contributed by atoms with E-state index in [0.717, 1.165) is 19.9 Å². The summed E-state index contributed by atoms with van der Waals surface area (Å²) in [6, 6.07) is 17.1. The van der Waals surface area contributed by atoms with Crippen LogP contribution < -0.4 is 9.62 Å². The van der Waals surface area contributed by atoms with Crippen LogP contribution in [0.4, 0.5) is 5.69 Å². The average molecular weight is 641 g/mol. The molecule has 0 aromatic heterocycles. The number of nitrogens with one attached hydrogen (secondary N) is 1. The Hall–Kier alpha value is -2.59. The number of carbonyl (C=O) groups is 2. The molecule has 0 spiro atoms. The van der Waals surface area contributed by atoms with Crippen molar-refractivity contribution in [1.82, 2.24) is 10.2 Å². The lowest BCUT2D eigenvalue weighted by Crippen LogP contribution is -2.51. The monoisotopic (exact) mass is 639 g/mol. The molecule has 3 rings (SSSR count). The van der Waals surface area contributed by atoms with E-state index < -0.39 is 28.5 Å². The number of amides is 2. The molecule has 0 fully saturated rings. The molecule has 3 aromatic carbocycles. The van der Waals surface area contributed by atoms with E-state index in [1.165, 1.54) is 35.2 Å². The second-order valence-electron chi connectivity index (χ2n) is 8.64. The van der Waals surface area contributed by atoms with Crippen molar-refractivity contribution in [2.24, 2.45) is 0 Å². The van der Waals surface area contributed by atoms with E-state index in [-0.39, 0.29) is 33.1 Å². The molecule has 0 bridgehead atoms. The summed E-state index contributed by atoms with van der Waals surface area (Å²) in [4.78, 5) is 27.9. The molecule has 2 amide bonds. The van der Waals surface area contributed by atoms with Crippen LogP contribution >= 0.6 is 39.1 Å². The quantitative estimate of drug-likeness (QED) is 0.303. The van der Waals surface area contributed by atoms with Crippen LogP contribution in [0.15, 0.2) is 76.1 Å². The number of rotatable bonds is 10. The van der Waals surface area contributed by atoms with Gasteiger partial charge in [0.1, 0.15) is 12.6 Å². The van der Waals surface area contributed by atoms with Crippen molar-refractivity contribution in [3.63, 3.8) is 0 Å². The van der Waals surface area contributed by atoms with E-state index in [1.54, 1.807) is 26.0 Å². The number of halogens is 3. The smallest absolute Gasteiger partial charge is 0.264 e. The molecule has 1 atom stereocenters. The van der Waals surface area contributed by atoms with Crippen molar-refractivity contribution < 1.29 is 18.0 Å². The first-order chi connectivity index (χ1) is 17.9. The van der Waals surface area contributed by atoms with Crippen molar-refractivity contribution in [3.05, 3.63) is 92.4 Å². The third-order valence-electron chi connectivity index (χ3n) is 5.85. The molecule has 11 heteroatoms. The average Bonchev–Trinajstić information content (AvgIpc) is 2.88. The lowest BCUT2D eigenvalue weighted by atomic mass is 10.1. The number of hydrogen-bond acceptors (Lipinski definition) is 4. The molecule has 0 saturated heterocycles. The standard InChI is InChI=1S/C27H28BrCl2N3O4S/c1-4-31-27(35)19(3)32(16-20-7-9-21(28)10-8-20)26(34)17-33(25-15-22(29)11-14-24(25)30)38(36,37)23-12-5-18(2)6-13-23/h5-15,19H,4,16-17H2,1-3H3,(H,31,35). The fourth-order valence-corrected chi connectivity index (χ4v) is 5.84. The Bertz CT molecular complexity index is 1400.